The molecule has 2 aromatic rings. The minimum atomic E-state index is -2.84. The van der Waals surface area contributed by atoms with Gasteiger partial charge in [-0.3, -0.25) is 4.79 Å². The second-order valence-corrected chi connectivity index (χ2v) is 5.84. The second kappa shape index (κ2) is 8.64. The maximum Gasteiger partial charge on any atom is 0.387 e. The molecule has 0 saturated carbocycles. The highest BCUT2D eigenvalue weighted by Gasteiger charge is 2.10. The van der Waals surface area contributed by atoms with Gasteiger partial charge in [0.25, 0.3) is 0 Å². The lowest BCUT2D eigenvalue weighted by molar-refractivity contribution is -0.130. The summed E-state index contributed by atoms with van der Waals surface area (Å²) in [6.07, 6.45) is 1.03. The smallest absolute Gasteiger partial charge is 0.387 e. The fraction of sp³-hybridized carbons (Fsp3) is 0.278. The molecular formula is C18H18ClF2NO2. The van der Waals surface area contributed by atoms with Crippen LogP contribution in [0.3, 0.4) is 0 Å². The lowest BCUT2D eigenvalue weighted by Gasteiger charge is -2.17. The van der Waals surface area contributed by atoms with E-state index < -0.39 is 6.61 Å². The lowest BCUT2D eigenvalue weighted by atomic mass is 10.1. The summed E-state index contributed by atoms with van der Waals surface area (Å²) < 4.78 is 28.5. The first-order valence-corrected chi connectivity index (χ1v) is 7.84. The minimum Gasteiger partial charge on any atom is -0.435 e. The average molecular weight is 354 g/mol. The van der Waals surface area contributed by atoms with E-state index in [0.717, 1.165) is 11.1 Å². The Kier molecular flexibility index (Phi) is 6.55. The average Bonchev–Trinajstić information content (AvgIpc) is 2.55. The van der Waals surface area contributed by atoms with Crippen molar-refractivity contribution in [2.75, 3.05) is 7.05 Å². The molecule has 0 radical (unpaired) electrons. The number of alkyl halides is 2. The zero-order chi connectivity index (χ0) is 17.5. The number of benzene rings is 2. The molecule has 6 heteroatoms. The highest BCUT2D eigenvalue weighted by Crippen LogP contribution is 2.16. The van der Waals surface area contributed by atoms with Crippen LogP contribution in [0.5, 0.6) is 5.75 Å². The molecule has 0 aliphatic rings. The van der Waals surface area contributed by atoms with Crippen molar-refractivity contribution in [3.05, 3.63) is 64.7 Å². The van der Waals surface area contributed by atoms with Crippen molar-refractivity contribution >= 4 is 17.5 Å². The number of amides is 1. The predicted octanol–water partition coefficient (Wildman–Crippen LogP) is 4.53. The summed E-state index contributed by atoms with van der Waals surface area (Å²) in [5.41, 5.74) is 1.90. The predicted molar refractivity (Wildman–Crippen MR) is 89.3 cm³/mol. The molecule has 1 amide bonds. The largest absolute Gasteiger partial charge is 0.435 e. The number of nitrogens with zero attached hydrogens (tertiary/aromatic N) is 1. The van der Waals surface area contributed by atoms with Gasteiger partial charge in [0.1, 0.15) is 5.75 Å². The molecule has 0 spiro atoms. The van der Waals surface area contributed by atoms with Gasteiger partial charge in [0.15, 0.2) is 0 Å². The summed E-state index contributed by atoms with van der Waals surface area (Å²) in [7, 11) is 1.72. The van der Waals surface area contributed by atoms with Gasteiger partial charge in [-0.2, -0.15) is 8.78 Å². The minimum absolute atomic E-state index is 0.0119. The number of carbonyl (C=O) groups is 1. The van der Waals surface area contributed by atoms with E-state index in [-0.39, 0.29) is 11.7 Å². The molecule has 0 atom stereocenters. The third-order valence-electron chi connectivity index (χ3n) is 3.53. The van der Waals surface area contributed by atoms with Crippen molar-refractivity contribution in [2.45, 2.75) is 26.0 Å². The molecule has 0 unspecified atom stereocenters. The summed E-state index contributed by atoms with van der Waals surface area (Å²) >= 11 is 5.83. The molecule has 0 bridgehead atoms. The van der Waals surface area contributed by atoms with Gasteiger partial charge in [-0.15, -0.1) is 0 Å². The Morgan fingerprint density at radius 2 is 1.67 bits per heavy atom. The van der Waals surface area contributed by atoms with Gasteiger partial charge in [-0.25, -0.2) is 0 Å². The first-order chi connectivity index (χ1) is 11.4. The van der Waals surface area contributed by atoms with Crippen LogP contribution >= 0.6 is 11.6 Å². The fourth-order valence-corrected chi connectivity index (χ4v) is 2.36. The molecule has 2 rings (SSSR count). The Bertz CT molecular complexity index is 660. The standard InChI is InChI=1S/C18H18ClF2NO2/c1-22(12-14-4-9-16(10-5-14)24-18(20)21)17(23)11-6-13-2-7-15(19)8-3-13/h2-5,7-10,18H,6,11-12H2,1H3. The number of carbonyl (C=O) groups excluding carboxylic acids is 1. The van der Waals surface area contributed by atoms with E-state index in [1.807, 2.05) is 12.1 Å². The summed E-state index contributed by atoms with van der Waals surface area (Å²) in [6, 6.07) is 13.7. The Labute approximate surface area is 144 Å². The van der Waals surface area contributed by atoms with E-state index in [4.69, 9.17) is 11.6 Å². The number of rotatable bonds is 7. The van der Waals surface area contributed by atoms with Crippen LogP contribution in [0.15, 0.2) is 48.5 Å². The number of hydrogen-bond acceptors (Lipinski definition) is 2. The van der Waals surface area contributed by atoms with E-state index >= 15 is 0 Å². The second-order valence-electron chi connectivity index (χ2n) is 5.40. The number of halogens is 3. The van der Waals surface area contributed by atoms with Crippen LogP contribution < -0.4 is 4.74 Å². The quantitative estimate of drug-likeness (QED) is 0.731. The maximum absolute atomic E-state index is 12.2. The van der Waals surface area contributed by atoms with Crippen LogP contribution in [0.4, 0.5) is 8.78 Å². The Hall–Kier alpha value is -2.14. The molecule has 2 aromatic carbocycles. The van der Waals surface area contributed by atoms with Gasteiger partial charge < -0.3 is 9.64 Å². The molecular weight excluding hydrogens is 336 g/mol. The molecule has 0 aliphatic carbocycles. The van der Waals surface area contributed by atoms with E-state index in [2.05, 4.69) is 4.74 Å². The summed E-state index contributed by atoms with van der Waals surface area (Å²) in [4.78, 5) is 13.8. The molecule has 0 heterocycles. The summed E-state index contributed by atoms with van der Waals surface area (Å²) in [5.74, 6) is 0.114. The van der Waals surface area contributed by atoms with Crippen LogP contribution in [0, 0.1) is 0 Å². The van der Waals surface area contributed by atoms with Crippen LogP contribution in [-0.4, -0.2) is 24.5 Å². The van der Waals surface area contributed by atoms with Crippen molar-refractivity contribution in [1.82, 2.24) is 4.90 Å². The van der Waals surface area contributed by atoms with E-state index in [9.17, 15) is 13.6 Å². The number of aryl methyl sites for hydroxylation is 1. The van der Waals surface area contributed by atoms with E-state index in [1.54, 1.807) is 36.2 Å². The Morgan fingerprint density at radius 3 is 2.25 bits per heavy atom. The van der Waals surface area contributed by atoms with E-state index in [0.29, 0.717) is 24.4 Å². The third kappa shape index (κ3) is 5.81. The monoisotopic (exact) mass is 353 g/mol. The zero-order valence-electron chi connectivity index (χ0n) is 13.2. The third-order valence-corrected chi connectivity index (χ3v) is 3.79. The maximum atomic E-state index is 12.2. The van der Waals surface area contributed by atoms with Crippen molar-refractivity contribution < 1.29 is 18.3 Å². The highest BCUT2D eigenvalue weighted by molar-refractivity contribution is 6.30. The topological polar surface area (TPSA) is 29.5 Å². The molecule has 0 N–H and O–H groups in total. The van der Waals surface area contributed by atoms with E-state index in [1.165, 1.54) is 12.1 Å². The molecule has 24 heavy (non-hydrogen) atoms. The van der Waals surface area contributed by atoms with Crippen LogP contribution in [-0.2, 0) is 17.8 Å². The molecule has 3 nitrogen and oxygen atoms in total. The Morgan fingerprint density at radius 1 is 1.08 bits per heavy atom. The first-order valence-electron chi connectivity index (χ1n) is 7.46. The van der Waals surface area contributed by atoms with Crippen LogP contribution in [0.25, 0.3) is 0 Å². The first kappa shape index (κ1) is 18.2. The highest BCUT2D eigenvalue weighted by atomic mass is 35.5. The van der Waals surface area contributed by atoms with Gasteiger partial charge in [-0.05, 0) is 41.8 Å². The SMILES string of the molecule is CN(Cc1ccc(OC(F)F)cc1)C(=O)CCc1ccc(Cl)cc1. The fourth-order valence-electron chi connectivity index (χ4n) is 2.23. The van der Waals surface area contributed by atoms with Crippen molar-refractivity contribution in [2.24, 2.45) is 0 Å². The van der Waals surface area contributed by atoms with Gasteiger partial charge in [0, 0.05) is 25.0 Å². The van der Waals surface area contributed by atoms with Crippen molar-refractivity contribution in [3.8, 4) is 5.75 Å². The van der Waals surface area contributed by atoms with Crippen molar-refractivity contribution in [1.29, 1.82) is 0 Å². The van der Waals surface area contributed by atoms with Gasteiger partial charge >= 0.3 is 6.61 Å². The summed E-state index contributed by atoms with van der Waals surface area (Å²) in [6.45, 7) is -2.43. The van der Waals surface area contributed by atoms with Crippen LogP contribution in [0.2, 0.25) is 5.02 Å². The molecule has 0 fully saturated rings. The molecule has 0 aliphatic heterocycles. The van der Waals surface area contributed by atoms with Gasteiger partial charge in [0.05, 0.1) is 0 Å². The summed E-state index contributed by atoms with van der Waals surface area (Å²) in [5, 5.41) is 0.668. The van der Waals surface area contributed by atoms with Gasteiger partial charge in [0.2, 0.25) is 5.91 Å². The Balaban J connectivity index is 1.83. The van der Waals surface area contributed by atoms with Crippen molar-refractivity contribution in [3.63, 3.8) is 0 Å². The normalized spacial score (nSPS) is 10.7. The van der Waals surface area contributed by atoms with Crippen LogP contribution in [0.1, 0.15) is 17.5 Å². The molecule has 128 valence electrons. The zero-order valence-corrected chi connectivity index (χ0v) is 14.0. The molecule has 0 saturated heterocycles. The lowest BCUT2D eigenvalue weighted by Crippen LogP contribution is -2.26. The molecule has 0 aromatic heterocycles. The number of ether oxygens (including phenoxy) is 1. The van der Waals surface area contributed by atoms with Gasteiger partial charge in [-0.1, -0.05) is 35.9 Å². The number of hydrogen-bond donors (Lipinski definition) is 0.